The quantitative estimate of drug-likeness (QED) is 0.291. The van der Waals surface area contributed by atoms with Crippen molar-refractivity contribution in [3.63, 3.8) is 0 Å². The highest BCUT2D eigenvalue weighted by molar-refractivity contribution is 14.0. The molecule has 0 amide bonds. The van der Waals surface area contributed by atoms with Gasteiger partial charge in [-0.05, 0) is 50.8 Å². The zero-order chi connectivity index (χ0) is 20.3. The molecule has 1 fully saturated rings. The molecule has 0 radical (unpaired) electrons. The monoisotopic (exact) mass is 524 g/mol. The van der Waals surface area contributed by atoms with Gasteiger partial charge in [0.15, 0.2) is 17.5 Å². The lowest BCUT2D eigenvalue weighted by atomic mass is 10.1. The van der Waals surface area contributed by atoms with Crippen LogP contribution in [0.5, 0.6) is 11.5 Å². The smallest absolute Gasteiger partial charge is 0.191 e. The van der Waals surface area contributed by atoms with E-state index in [1.807, 2.05) is 36.5 Å². The van der Waals surface area contributed by atoms with Crippen LogP contribution < -0.4 is 20.1 Å². The van der Waals surface area contributed by atoms with E-state index in [1.54, 1.807) is 7.11 Å². The molecule has 7 heteroatoms. The van der Waals surface area contributed by atoms with Crippen LogP contribution in [0.1, 0.15) is 43.9 Å². The minimum absolute atomic E-state index is 0. The number of nitrogens with zero attached hydrogens (tertiary/aromatic N) is 2. The molecule has 0 saturated heterocycles. The van der Waals surface area contributed by atoms with Gasteiger partial charge in [0.1, 0.15) is 0 Å². The third-order valence-electron chi connectivity index (χ3n) is 5.02. The zero-order valence-electron chi connectivity index (χ0n) is 17.9. The van der Waals surface area contributed by atoms with Crippen LogP contribution in [0.3, 0.4) is 0 Å². The summed E-state index contributed by atoms with van der Waals surface area (Å²) in [6.45, 7) is 4.17. The van der Waals surface area contributed by atoms with Crippen molar-refractivity contribution in [2.45, 2.75) is 51.7 Å². The summed E-state index contributed by atoms with van der Waals surface area (Å²) < 4.78 is 11.9. The molecule has 1 saturated carbocycles. The normalized spacial score (nSPS) is 14.1. The molecule has 0 aliphatic heterocycles. The predicted octanol–water partition coefficient (Wildman–Crippen LogP) is 4.33. The Morgan fingerprint density at radius 3 is 2.67 bits per heavy atom. The lowest BCUT2D eigenvalue weighted by Crippen LogP contribution is -2.38. The summed E-state index contributed by atoms with van der Waals surface area (Å²) in [4.78, 5) is 9.13. The molecular weight excluding hydrogens is 491 g/mol. The van der Waals surface area contributed by atoms with Crippen LogP contribution in [-0.4, -0.2) is 37.2 Å². The van der Waals surface area contributed by atoms with Gasteiger partial charge < -0.3 is 20.1 Å². The van der Waals surface area contributed by atoms with E-state index in [9.17, 15) is 0 Å². The van der Waals surface area contributed by atoms with E-state index in [1.165, 1.54) is 12.8 Å². The van der Waals surface area contributed by atoms with E-state index in [0.29, 0.717) is 6.54 Å². The number of hydrogen-bond donors (Lipinski definition) is 2. The molecule has 0 bridgehead atoms. The minimum atomic E-state index is 0. The maximum absolute atomic E-state index is 6.32. The second kappa shape index (κ2) is 13.3. The van der Waals surface area contributed by atoms with Crippen LogP contribution in [-0.2, 0) is 13.0 Å². The molecule has 0 spiro atoms. The van der Waals surface area contributed by atoms with E-state index < -0.39 is 0 Å². The molecule has 2 N–H and O–H groups in total. The van der Waals surface area contributed by atoms with Gasteiger partial charge in [0.2, 0.25) is 0 Å². The number of rotatable bonds is 9. The molecule has 164 valence electrons. The Morgan fingerprint density at radius 2 is 1.97 bits per heavy atom. The van der Waals surface area contributed by atoms with Crippen molar-refractivity contribution in [1.82, 2.24) is 15.6 Å². The van der Waals surface area contributed by atoms with Gasteiger partial charge in [-0.15, -0.1) is 24.0 Å². The highest BCUT2D eigenvalue weighted by Crippen LogP contribution is 2.35. The van der Waals surface area contributed by atoms with E-state index in [4.69, 9.17) is 14.5 Å². The number of aliphatic imine (C=N–C) groups is 1. The number of guanidine groups is 1. The van der Waals surface area contributed by atoms with E-state index in [2.05, 4.69) is 28.6 Å². The van der Waals surface area contributed by atoms with Gasteiger partial charge in [0.05, 0.1) is 19.8 Å². The molecule has 1 aliphatic carbocycles. The van der Waals surface area contributed by atoms with Gasteiger partial charge in [-0.3, -0.25) is 4.98 Å². The molecule has 0 unspecified atom stereocenters. The number of benzene rings is 1. The Balaban J connectivity index is 0.00000320. The minimum Gasteiger partial charge on any atom is -0.493 e. The Hall–Kier alpha value is -2.03. The number of aromatic nitrogens is 1. The molecule has 0 atom stereocenters. The van der Waals surface area contributed by atoms with Gasteiger partial charge in [-0.2, -0.15) is 0 Å². The summed E-state index contributed by atoms with van der Waals surface area (Å²) in [6.07, 6.45) is 7.63. The predicted molar refractivity (Wildman–Crippen MR) is 132 cm³/mol. The maximum atomic E-state index is 6.32. The van der Waals surface area contributed by atoms with Crippen molar-refractivity contribution < 1.29 is 9.47 Å². The number of hydrogen-bond acceptors (Lipinski definition) is 4. The van der Waals surface area contributed by atoms with Crippen LogP contribution >= 0.6 is 24.0 Å². The first kappa shape index (κ1) is 24.2. The highest BCUT2D eigenvalue weighted by atomic mass is 127. The molecule has 3 rings (SSSR count). The van der Waals surface area contributed by atoms with Crippen LogP contribution in [0, 0.1) is 0 Å². The number of para-hydroxylation sites is 1. The van der Waals surface area contributed by atoms with Crippen LogP contribution in [0.2, 0.25) is 0 Å². The van der Waals surface area contributed by atoms with Crippen LogP contribution in [0.25, 0.3) is 0 Å². The molecule has 6 nitrogen and oxygen atoms in total. The average molecular weight is 524 g/mol. The SMILES string of the molecule is CCNC(=NCc1cccc(OC)c1OC1CCCC1)NCCc1ccccn1.I. The Bertz CT molecular complexity index is 780. The van der Waals surface area contributed by atoms with E-state index in [-0.39, 0.29) is 30.1 Å². The van der Waals surface area contributed by atoms with E-state index >= 15 is 0 Å². The topological polar surface area (TPSA) is 67.8 Å². The number of methoxy groups -OCH3 is 1. The number of ether oxygens (including phenoxy) is 2. The van der Waals surface area contributed by atoms with Gasteiger partial charge in [-0.25, -0.2) is 4.99 Å². The second-order valence-corrected chi connectivity index (χ2v) is 7.17. The summed E-state index contributed by atoms with van der Waals surface area (Å²) in [5, 5.41) is 6.69. The molecule has 1 heterocycles. The largest absolute Gasteiger partial charge is 0.493 e. The lowest BCUT2D eigenvalue weighted by molar-refractivity contribution is 0.198. The first-order chi connectivity index (χ1) is 14.3. The Morgan fingerprint density at radius 1 is 1.13 bits per heavy atom. The third kappa shape index (κ3) is 7.34. The van der Waals surface area contributed by atoms with E-state index in [0.717, 1.165) is 61.1 Å². The summed E-state index contributed by atoms with van der Waals surface area (Å²) in [5.74, 6) is 2.39. The lowest BCUT2D eigenvalue weighted by Gasteiger charge is -2.19. The van der Waals surface area contributed by atoms with Crippen molar-refractivity contribution in [3.8, 4) is 11.5 Å². The summed E-state index contributed by atoms with van der Waals surface area (Å²) in [6, 6.07) is 12.0. The van der Waals surface area contributed by atoms with Crippen molar-refractivity contribution in [2.24, 2.45) is 4.99 Å². The second-order valence-electron chi connectivity index (χ2n) is 7.17. The number of nitrogens with one attached hydrogen (secondary N) is 2. The third-order valence-corrected chi connectivity index (χ3v) is 5.02. The summed E-state index contributed by atoms with van der Waals surface area (Å²) >= 11 is 0. The van der Waals surface area contributed by atoms with Crippen LogP contribution in [0.15, 0.2) is 47.6 Å². The fourth-order valence-corrected chi connectivity index (χ4v) is 3.51. The van der Waals surface area contributed by atoms with Gasteiger partial charge >= 0.3 is 0 Å². The summed E-state index contributed by atoms with van der Waals surface area (Å²) in [5.41, 5.74) is 2.11. The molecule has 1 aliphatic rings. The highest BCUT2D eigenvalue weighted by Gasteiger charge is 2.20. The fourth-order valence-electron chi connectivity index (χ4n) is 3.51. The van der Waals surface area contributed by atoms with Gasteiger partial charge in [0.25, 0.3) is 0 Å². The first-order valence-corrected chi connectivity index (χ1v) is 10.5. The van der Waals surface area contributed by atoms with Crippen molar-refractivity contribution in [3.05, 3.63) is 53.9 Å². The van der Waals surface area contributed by atoms with Crippen molar-refractivity contribution in [2.75, 3.05) is 20.2 Å². The molecule has 1 aromatic carbocycles. The number of pyridine rings is 1. The molecule has 2 aromatic rings. The van der Waals surface area contributed by atoms with Crippen molar-refractivity contribution >= 4 is 29.9 Å². The summed E-state index contributed by atoms with van der Waals surface area (Å²) in [7, 11) is 1.69. The average Bonchev–Trinajstić information content (AvgIpc) is 3.26. The van der Waals surface area contributed by atoms with Gasteiger partial charge in [0, 0.05) is 37.0 Å². The molecular formula is C23H33IN4O2. The van der Waals surface area contributed by atoms with Gasteiger partial charge in [-0.1, -0.05) is 18.2 Å². The Kier molecular flexibility index (Phi) is 10.8. The maximum Gasteiger partial charge on any atom is 0.191 e. The Labute approximate surface area is 196 Å². The first-order valence-electron chi connectivity index (χ1n) is 10.5. The fraction of sp³-hybridized carbons (Fsp3) is 0.478. The van der Waals surface area contributed by atoms with Crippen LogP contribution in [0.4, 0.5) is 0 Å². The molecule has 1 aromatic heterocycles. The molecule has 30 heavy (non-hydrogen) atoms. The zero-order valence-corrected chi connectivity index (χ0v) is 20.2. The number of halogens is 1. The standard InChI is InChI=1S/C23H32N4O2.HI/c1-3-24-23(26-16-14-19-10-6-7-15-25-19)27-17-18-9-8-13-21(28-2)22(18)29-20-11-4-5-12-20;/h6-10,13,15,20H,3-5,11-12,14,16-17H2,1-2H3,(H2,24,26,27);1H. The van der Waals surface area contributed by atoms with Crippen molar-refractivity contribution in [1.29, 1.82) is 0 Å².